The Hall–Kier alpha value is -1.92. The molecule has 6 heteroatoms. The summed E-state index contributed by atoms with van der Waals surface area (Å²) in [5.74, 6) is -1.47. The second-order valence-electron chi connectivity index (χ2n) is 5.77. The molecule has 0 spiro atoms. The fraction of sp³-hybridized carbons (Fsp3) is 0.500. The van der Waals surface area contributed by atoms with Crippen LogP contribution in [0.25, 0.3) is 0 Å². The molecule has 0 radical (unpaired) electrons. The van der Waals surface area contributed by atoms with Gasteiger partial charge in [-0.05, 0) is 45.4 Å². The van der Waals surface area contributed by atoms with E-state index in [1.54, 1.807) is 27.7 Å². The van der Waals surface area contributed by atoms with E-state index in [2.05, 4.69) is 4.74 Å². The molecule has 0 saturated carbocycles. The molecule has 0 amide bonds. The number of hydrogen-bond acceptors (Lipinski definition) is 6. The molecule has 2 N–H and O–H groups in total. The molecule has 122 valence electrons. The minimum Gasteiger partial charge on any atom is -0.464 e. The zero-order valence-electron chi connectivity index (χ0n) is 13.2. The van der Waals surface area contributed by atoms with Crippen molar-refractivity contribution in [3.05, 3.63) is 35.4 Å². The van der Waals surface area contributed by atoms with Crippen molar-refractivity contribution in [1.82, 2.24) is 0 Å². The number of esters is 2. The van der Waals surface area contributed by atoms with Gasteiger partial charge in [-0.15, -0.1) is 0 Å². The number of aliphatic hydroxyl groups is 2. The highest BCUT2D eigenvalue weighted by atomic mass is 16.6. The van der Waals surface area contributed by atoms with Gasteiger partial charge in [0.15, 0.2) is 6.10 Å². The van der Waals surface area contributed by atoms with Crippen LogP contribution < -0.4 is 0 Å². The van der Waals surface area contributed by atoms with Crippen LogP contribution in [0, 0.1) is 0 Å². The summed E-state index contributed by atoms with van der Waals surface area (Å²) in [7, 11) is 0. The number of ether oxygens (including phenoxy) is 2. The molecule has 0 aliphatic rings. The molecule has 6 nitrogen and oxygen atoms in total. The lowest BCUT2D eigenvalue weighted by Crippen LogP contribution is -2.30. The van der Waals surface area contributed by atoms with E-state index in [1.807, 2.05) is 0 Å². The molecule has 0 bridgehead atoms. The number of hydrogen-bond donors (Lipinski definition) is 2. The van der Waals surface area contributed by atoms with E-state index in [0.717, 1.165) is 0 Å². The van der Waals surface area contributed by atoms with Crippen molar-refractivity contribution < 1.29 is 29.3 Å². The maximum atomic E-state index is 12.0. The van der Waals surface area contributed by atoms with Crippen LogP contribution in [-0.2, 0) is 14.3 Å². The van der Waals surface area contributed by atoms with Crippen molar-refractivity contribution in [2.75, 3.05) is 6.61 Å². The zero-order chi connectivity index (χ0) is 16.9. The summed E-state index contributed by atoms with van der Waals surface area (Å²) in [6, 6.07) is 5.94. The van der Waals surface area contributed by atoms with Crippen LogP contribution >= 0.6 is 0 Å². The second kappa shape index (κ2) is 7.38. The summed E-state index contributed by atoms with van der Waals surface area (Å²) in [4.78, 5) is 23.4. The summed E-state index contributed by atoms with van der Waals surface area (Å²) < 4.78 is 9.88. The SMILES string of the molecule is CCOC(=O)C(O)C(O)c1cccc(C(=O)OC(C)(C)C)c1. The van der Waals surface area contributed by atoms with Gasteiger partial charge >= 0.3 is 11.9 Å². The topological polar surface area (TPSA) is 93.1 Å². The van der Waals surface area contributed by atoms with Gasteiger partial charge in [0.2, 0.25) is 0 Å². The summed E-state index contributed by atoms with van der Waals surface area (Å²) in [6.45, 7) is 6.93. The third-order valence-electron chi connectivity index (χ3n) is 2.69. The minimum absolute atomic E-state index is 0.0978. The van der Waals surface area contributed by atoms with E-state index in [0.29, 0.717) is 0 Å². The fourth-order valence-electron chi connectivity index (χ4n) is 1.73. The fourth-order valence-corrected chi connectivity index (χ4v) is 1.73. The standard InChI is InChI=1S/C16H22O6/c1-5-21-15(20)13(18)12(17)10-7-6-8-11(9-10)14(19)22-16(2,3)4/h6-9,12-13,17-18H,5H2,1-4H3. The van der Waals surface area contributed by atoms with Crippen LogP contribution in [-0.4, -0.2) is 40.5 Å². The summed E-state index contributed by atoms with van der Waals surface area (Å²) >= 11 is 0. The van der Waals surface area contributed by atoms with Gasteiger partial charge in [0, 0.05) is 0 Å². The van der Waals surface area contributed by atoms with E-state index in [1.165, 1.54) is 24.3 Å². The monoisotopic (exact) mass is 310 g/mol. The Bertz CT molecular complexity index is 532. The van der Waals surface area contributed by atoms with Gasteiger partial charge in [0.05, 0.1) is 12.2 Å². The van der Waals surface area contributed by atoms with Crippen molar-refractivity contribution in [2.24, 2.45) is 0 Å². The van der Waals surface area contributed by atoms with E-state index in [9.17, 15) is 19.8 Å². The van der Waals surface area contributed by atoms with Gasteiger partial charge in [-0.1, -0.05) is 12.1 Å². The molecule has 2 atom stereocenters. The average Bonchev–Trinajstić information content (AvgIpc) is 2.44. The zero-order valence-corrected chi connectivity index (χ0v) is 13.2. The lowest BCUT2D eigenvalue weighted by molar-refractivity contribution is -0.159. The Kier molecular flexibility index (Phi) is 6.08. The minimum atomic E-state index is -1.71. The first kappa shape index (κ1) is 18.1. The molecule has 1 aromatic carbocycles. The normalized spacial score (nSPS) is 14.1. The molecule has 2 unspecified atom stereocenters. The number of aliphatic hydroxyl groups excluding tert-OH is 2. The first-order valence-electron chi connectivity index (χ1n) is 7.01. The molecule has 0 aliphatic heterocycles. The van der Waals surface area contributed by atoms with Crippen LogP contribution in [0.5, 0.6) is 0 Å². The van der Waals surface area contributed by atoms with Gasteiger partial charge in [0.1, 0.15) is 11.7 Å². The van der Waals surface area contributed by atoms with Crippen LogP contribution in [0.2, 0.25) is 0 Å². The lowest BCUT2D eigenvalue weighted by Gasteiger charge is -2.20. The first-order valence-corrected chi connectivity index (χ1v) is 7.01. The second-order valence-corrected chi connectivity index (χ2v) is 5.77. The van der Waals surface area contributed by atoms with Crippen LogP contribution in [0.15, 0.2) is 24.3 Å². The number of rotatable bonds is 5. The van der Waals surface area contributed by atoms with Crippen molar-refractivity contribution in [3.8, 4) is 0 Å². The molecule has 0 aliphatic carbocycles. The van der Waals surface area contributed by atoms with Crippen molar-refractivity contribution in [1.29, 1.82) is 0 Å². The first-order chi connectivity index (χ1) is 10.2. The van der Waals surface area contributed by atoms with Gasteiger partial charge in [-0.25, -0.2) is 9.59 Å². The smallest absolute Gasteiger partial charge is 0.338 e. The largest absolute Gasteiger partial charge is 0.464 e. The Labute approximate surface area is 129 Å². The average molecular weight is 310 g/mol. The molecule has 0 aromatic heterocycles. The molecule has 1 aromatic rings. The van der Waals surface area contributed by atoms with E-state index in [-0.39, 0.29) is 17.7 Å². The van der Waals surface area contributed by atoms with Crippen molar-refractivity contribution >= 4 is 11.9 Å². The van der Waals surface area contributed by atoms with Gasteiger partial charge in [0.25, 0.3) is 0 Å². The summed E-state index contributed by atoms with van der Waals surface area (Å²) in [6.07, 6.45) is -3.20. The number of carbonyl (C=O) groups is 2. The summed E-state index contributed by atoms with van der Waals surface area (Å²) in [5, 5.41) is 19.8. The van der Waals surface area contributed by atoms with Crippen LogP contribution in [0.1, 0.15) is 49.7 Å². The van der Waals surface area contributed by atoms with E-state index in [4.69, 9.17) is 4.74 Å². The lowest BCUT2D eigenvalue weighted by atomic mass is 10.0. The van der Waals surface area contributed by atoms with Gasteiger partial charge in [-0.2, -0.15) is 0 Å². The van der Waals surface area contributed by atoms with Crippen LogP contribution in [0.3, 0.4) is 0 Å². The molecule has 1 rings (SSSR count). The molecule has 22 heavy (non-hydrogen) atoms. The number of carbonyl (C=O) groups excluding carboxylic acids is 2. The quantitative estimate of drug-likeness (QED) is 0.802. The predicted molar refractivity (Wildman–Crippen MR) is 79.2 cm³/mol. The molecular formula is C16H22O6. The third kappa shape index (κ3) is 5.13. The molecule has 0 fully saturated rings. The maximum Gasteiger partial charge on any atom is 0.338 e. The third-order valence-corrected chi connectivity index (χ3v) is 2.69. The van der Waals surface area contributed by atoms with Gasteiger partial charge < -0.3 is 19.7 Å². The molecular weight excluding hydrogens is 288 g/mol. The van der Waals surface area contributed by atoms with E-state index >= 15 is 0 Å². The Morgan fingerprint density at radius 3 is 2.41 bits per heavy atom. The number of benzene rings is 1. The van der Waals surface area contributed by atoms with Crippen molar-refractivity contribution in [3.63, 3.8) is 0 Å². The highest BCUT2D eigenvalue weighted by molar-refractivity contribution is 5.90. The van der Waals surface area contributed by atoms with E-state index < -0.39 is 29.7 Å². The highest BCUT2D eigenvalue weighted by Crippen LogP contribution is 2.20. The maximum absolute atomic E-state index is 12.0. The Morgan fingerprint density at radius 1 is 1.23 bits per heavy atom. The van der Waals surface area contributed by atoms with Crippen LogP contribution in [0.4, 0.5) is 0 Å². The Morgan fingerprint density at radius 2 is 1.86 bits per heavy atom. The highest BCUT2D eigenvalue weighted by Gasteiger charge is 2.27. The summed E-state index contributed by atoms with van der Waals surface area (Å²) in [5.41, 5.74) is -0.192. The van der Waals surface area contributed by atoms with Crippen molar-refractivity contribution in [2.45, 2.75) is 45.5 Å². The Balaban J connectivity index is 2.91. The molecule has 0 heterocycles. The predicted octanol–water partition coefficient (Wildman–Crippen LogP) is 1.60. The van der Waals surface area contributed by atoms with Gasteiger partial charge in [-0.3, -0.25) is 0 Å². The molecule has 0 saturated heterocycles.